The number of hydrogen-bond donors (Lipinski definition) is 0. The van der Waals surface area contributed by atoms with Gasteiger partial charge in [-0.05, 0) is 26.1 Å². The molecule has 0 fully saturated rings. The van der Waals surface area contributed by atoms with E-state index in [1.54, 1.807) is 0 Å². The van der Waals surface area contributed by atoms with Gasteiger partial charge in [0.05, 0.1) is 0 Å². The first-order valence-electron chi connectivity index (χ1n) is 4.22. The van der Waals surface area contributed by atoms with Crippen molar-refractivity contribution in [2.45, 2.75) is 33.9 Å². The molecule has 0 aliphatic carbocycles. The molecule has 1 nitrogen and oxygen atoms in total. The van der Waals surface area contributed by atoms with Crippen LogP contribution >= 0.6 is 0 Å². The molecule has 0 atom stereocenters. The highest BCUT2D eigenvalue weighted by molar-refractivity contribution is 4.47. The Hall–Kier alpha value is -0.250. The van der Waals surface area contributed by atoms with Gasteiger partial charge in [0.2, 0.25) is 0 Å². The van der Waals surface area contributed by atoms with Crippen molar-refractivity contribution in [1.82, 2.24) is 4.90 Å². The van der Waals surface area contributed by atoms with Crippen LogP contribution in [0, 0.1) is 0 Å². The molecule has 0 aromatic rings. The third-order valence-electron chi connectivity index (χ3n) is 1.43. The maximum Gasteiger partial charge on any atom is 0.379 e. The van der Waals surface area contributed by atoms with Crippen molar-refractivity contribution in [2.75, 3.05) is 19.6 Å². The predicted molar refractivity (Wildman–Crippen MR) is 45.2 cm³/mol. The van der Waals surface area contributed by atoms with E-state index in [2.05, 4.69) is 25.7 Å². The molecule has 0 radical (unpaired) electrons. The lowest BCUT2D eigenvalue weighted by Crippen LogP contribution is -2.23. The first-order chi connectivity index (χ1) is 5.58. The largest absolute Gasteiger partial charge is 0.379 e. The van der Waals surface area contributed by atoms with Crippen molar-refractivity contribution < 1.29 is 13.2 Å². The fourth-order valence-corrected chi connectivity index (χ4v) is 0.856. The Morgan fingerprint density at radius 2 is 1.33 bits per heavy atom. The lowest BCUT2D eigenvalue weighted by molar-refractivity contribution is 0.00819. The van der Waals surface area contributed by atoms with Crippen LogP contribution in [0.1, 0.15) is 27.2 Å². The van der Waals surface area contributed by atoms with Crippen molar-refractivity contribution in [3.63, 3.8) is 0 Å². The molecule has 0 unspecified atom stereocenters. The summed E-state index contributed by atoms with van der Waals surface area (Å²) in [5.74, 6) is 0. The predicted octanol–water partition coefficient (Wildman–Crippen LogP) is 2.92. The molecule has 0 saturated carbocycles. The van der Waals surface area contributed by atoms with Gasteiger partial charge in [-0.1, -0.05) is 20.8 Å². The summed E-state index contributed by atoms with van der Waals surface area (Å²) in [6.07, 6.45) is 1.28. The zero-order valence-corrected chi connectivity index (χ0v) is 7.99. The van der Waals surface area contributed by atoms with Crippen LogP contribution in [0.25, 0.3) is 0 Å². The summed E-state index contributed by atoms with van der Waals surface area (Å²) in [5.41, 5.74) is 0. The van der Waals surface area contributed by atoms with Gasteiger partial charge in [-0.15, -0.1) is 0 Å². The Balaban J connectivity index is 0. The Morgan fingerprint density at radius 3 is 1.42 bits per heavy atom. The number of halogens is 3. The van der Waals surface area contributed by atoms with Gasteiger partial charge >= 0.3 is 6.68 Å². The van der Waals surface area contributed by atoms with Crippen LogP contribution in [0.5, 0.6) is 0 Å². The molecule has 0 saturated heterocycles. The molecule has 0 heterocycles. The zero-order valence-electron chi connectivity index (χ0n) is 7.99. The minimum Gasteiger partial charge on any atom is -0.304 e. The van der Waals surface area contributed by atoms with Gasteiger partial charge in [0.1, 0.15) is 0 Å². The van der Waals surface area contributed by atoms with Crippen LogP contribution in [0.4, 0.5) is 13.2 Å². The van der Waals surface area contributed by atoms with Gasteiger partial charge in [0, 0.05) is 0 Å². The molecule has 0 bridgehead atoms. The van der Waals surface area contributed by atoms with Crippen LogP contribution < -0.4 is 0 Å². The third-order valence-corrected chi connectivity index (χ3v) is 1.43. The van der Waals surface area contributed by atoms with Gasteiger partial charge in [0.15, 0.2) is 0 Å². The lowest BCUT2D eigenvalue weighted by atomic mass is 10.4. The van der Waals surface area contributed by atoms with Crippen LogP contribution in [-0.2, 0) is 0 Å². The SMILES string of the molecule is CCCN(CC)CC.FC(F)F. The van der Waals surface area contributed by atoms with Gasteiger partial charge < -0.3 is 4.90 Å². The van der Waals surface area contributed by atoms with Crippen molar-refractivity contribution in [3.8, 4) is 0 Å². The minimum absolute atomic E-state index is 1.20. The molecule has 0 spiro atoms. The fourth-order valence-electron chi connectivity index (χ4n) is 0.856. The second kappa shape index (κ2) is 10.8. The van der Waals surface area contributed by atoms with E-state index in [0.717, 1.165) is 0 Å². The second-order valence-corrected chi connectivity index (χ2v) is 2.27. The van der Waals surface area contributed by atoms with E-state index in [1.165, 1.54) is 26.1 Å². The molecule has 0 aromatic heterocycles. The number of rotatable bonds is 4. The Kier molecular flexibility index (Phi) is 12.8. The summed E-state index contributed by atoms with van der Waals surface area (Å²) in [7, 11) is 0. The molecule has 0 aliphatic rings. The monoisotopic (exact) mass is 185 g/mol. The van der Waals surface area contributed by atoms with Gasteiger partial charge in [-0.2, -0.15) is 13.2 Å². The Bertz CT molecular complexity index is 71.9. The fraction of sp³-hybridized carbons (Fsp3) is 1.00. The smallest absolute Gasteiger partial charge is 0.304 e. The van der Waals surface area contributed by atoms with Crippen LogP contribution in [0.3, 0.4) is 0 Å². The standard InChI is InChI=1S/C7H17N.CHF3/c1-4-7-8(5-2)6-3;2-1(3)4/h4-7H2,1-3H3;1H. The highest BCUT2D eigenvalue weighted by atomic mass is 19.4. The van der Waals surface area contributed by atoms with Gasteiger partial charge in [0.25, 0.3) is 0 Å². The summed E-state index contributed by atoms with van der Waals surface area (Å²) in [6.45, 7) is 6.62. The summed E-state index contributed by atoms with van der Waals surface area (Å²) >= 11 is 0. The van der Waals surface area contributed by atoms with E-state index >= 15 is 0 Å². The average molecular weight is 185 g/mol. The van der Waals surface area contributed by atoms with Gasteiger partial charge in [-0.25, -0.2) is 0 Å². The van der Waals surface area contributed by atoms with Crippen molar-refractivity contribution in [3.05, 3.63) is 0 Å². The molecule has 0 aliphatic heterocycles. The molecule has 76 valence electrons. The van der Waals surface area contributed by atoms with E-state index in [1.807, 2.05) is 0 Å². The van der Waals surface area contributed by atoms with E-state index in [4.69, 9.17) is 0 Å². The summed E-state index contributed by atoms with van der Waals surface area (Å²) in [6, 6.07) is 0. The number of nitrogens with zero attached hydrogens (tertiary/aromatic N) is 1. The molecular formula is C8H18F3N. The second-order valence-electron chi connectivity index (χ2n) is 2.27. The highest BCUT2D eigenvalue weighted by Crippen LogP contribution is 1.87. The van der Waals surface area contributed by atoms with E-state index in [9.17, 15) is 13.2 Å². The first-order valence-corrected chi connectivity index (χ1v) is 4.22. The van der Waals surface area contributed by atoms with Crippen molar-refractivity contribution in [1.29, 1.82) is 0 Å². The number of hydrogen-bond acceptors (Lipinski definition) is 1. The maximum atomic E-state index is 9.67. The van der Waals surface area contributed by atoms with Crippen molar-refractivity contribution in [2.24, 2.45) is 0 Å². The van der Waals surface area contributed by atoms with Crippen LogP contribution in [0.2, 0.25) is 0 Å². The number of alkyl halides is 3. The van der Waals surface area contributed by atoms with Crippen LogP contribution in [0.15, 0.2) is 0 Å². The summed E-state index contributed by atoms with van der Waals surface area (Å²) in [5, 5.41) is 0. The lowest BCUT2D eigenvalue weighted by Gasteiger charge is -2.15. The molecule has 0 N–H and O–H groups in total. The normalized spacial score (nSPS) is 10.0. The molecule has 0 aromatic carbocycles. The summed E-state index contributed by atoms with van der Waals surface area (Å²) < 4.78 is 29.0. The molecule has 12 heavy (non-hydrogen) atoms. The van der Waals surface area contributed by atoms with Gasteiger partial charge in [-0.3, -0.25) is 0 Å². The third kappa shape index (κ3) is 16.4. The topological polar surface area (TPSA) is 3.24 Å². The molecular weight excluding hydrogens is 167 g/mol. The van der Waals surface area contributed by atoms with E-state index < -0.39 is 6.68 Å². The average Bonchev–Trinajstić information content (AvgIpc) is 1.99. The van der Waals surface area contributed by atoms with Crippen molar-refractivity contribution >= 4 is 0 Å². The molecule has 4 heteroatoms. The highest BCUT2D eigenvalue weighted by Gasteiger charge is 1.92. The van der Waals surface area contributed by atoms with Crippen LogP contribution in [-0.4, -0.2) is 31.2 Å². The Labute approximate surface area is 72.6 Å². The molecule has 0 amide bonds. The summed E-state index contributed by atoms with van der Waals surface area (Å²) in [4.78, 5) is 2.43. The first kappa shape index (κ1) is 14.3. The molecule has 0 rings (SSSR count). The maximum absolute atomic E-state index is 9.67. The minimum atomic E-state index is -3.67. The van der Waals surface area contributed by atoms with E-state index in [-0.39, 0.29) is 0 Å². The Morgan fingerprint density at radius 1 is 1.00 bits per heavy atom. The van der Waals surface area contributed by atoms with E-state index in [0.29, 0.717) is 0 Å². The quantitative estimate of drug-likeness (QED) is 0.651. The zero-order chi connectivity index (χ0) is 9.98.